The van der Waals surface area contributed by atoms with Crippen LogP contribution in [0.1, 0.15) is 26.7 Å². The lowest BCUT2D eigenvalue weighted by molar-refractivity contribution is -0.0779. The minimum atomic E-state index is -1.22. The summed E-state index contributed by atoms with van der Waals surface area (Å²) in [6.45, 7) is 2.70. The largest absolute Gasteiger partial charge is 0.394 e. The first-order valence-corrected chi connectivity index (χ1v) is 6.43. The molecule has 0 aliphatic carbocycles. The normalized spacial score (nSPS) is 16.0. The SMILES string of the molecule is CCC(O)CN(CC(O)CC)C(CO)(CO)CO. The molecule has 0 aliphatic heterocycles. The highest BCUT2D eigenvalue weighted by Gasteiger charge is 2.36. The summed E-state index contributed by atoms with van der Waals surface area (Å²) in [7, 11) is 0. The molecule has 5 N–H and O–H groups in total. The fraction of sp³-hybridized carbons (Fsp3) is 1.00. The molecule has 0 aliphatic rings. The number of hydrogen-bond donors (Lipinski definition) is 5. The number of hydrogen-bond acceptors (Lipinski definition) is 6. The van der Waals surface area contributed by atoms with Crippen LogP contribution in [-0.2, 0) is 0 Å². The van der Waals surface area contributed by atoms with Gasteiger partial charge in [-0.1, -0.05) is 13.8 Å². The Morgan fingerprint density at radius 3 is 1.39 bits per heavy atom. The van der Waals surface area contributed by atoms with Crippen molar-refractivity contribution < 1.29 is 25.5 Å². The van der Waals surface area contributed by atoms with E-state index in [-0.39, 0.29) is 13.1 Å². The van der Waals surface area contributed by atoms with Gasteiger partial charge < -0.3 is 25.5 Å². The first-order chi connectivity index (χ1) is 8.49. The lowest BCUT2D eigenvalue weighted by Gasteiger charge is -2.42. The van der Waals surface area contributed by atoms with Gasteiger partial charge in [0.2, 0.25) is 0 Å². The van der Waals surface area contributed by atoms with E-state index >= 15 is 0 Å². The third-order valence-corrected chi connectivity index (χ3v) is 3.36. The monoisotopic (exact) mass is 265 g/mol. The highest BCUT2D eigenvalue weighted by Crippen LogP contribution is 2.17. The molecule has 0 bridgehead atoms. The van der Waals surface area contributed by atoms with E-state index in [1.54, 1.807) is 4.90 Å². The number of aliphatic hydroxyl groups excluding tert-OH is 5. The maximum absolute atomic E-state index is 9.70. The number of nitrogens with zero attached hydrogens (tertiary/aromatic N) is 1. The van der Waals surface area contributed by atoms with E-state index in [1.807, 2.05) is 13.8 Å². The van der Waals surface area contributed by atoms with E-state index in [1.165, 1.54) is 0 Å². The summed E-state index contributed by atoms with van der Waals surface area (Å²) in [5, 5.41) is 47.6. The molecule has 0 rings (SSSR count). The summed E-state index contributed by atoms with van der Waals surface area (Å²) in [5.41, 5.74) is -1.22. The average Bonchev–Trinajstić information content (AvgIpc) is 2.40. The van der Waals surface area contributed by atoms with Crippen molar-refractivity contribution in [3.8, 4) is 0 Å². The van der Waals surface area contributed by atoms with Crippen molar-refractivity contribution in [2.24, 2.45) is 0 Å². The van der Waals surface area contributed by atoms with Crippen molar-refractivity contribution in [2.75, 3.05) is 32.9 Å². The molecular weight excluding hydrogens is 238 g/mol. The maximum atomic E-state index is 9.70. The third-order valence-electron chi connectivity index (χ3n) is 3.36. The second kappa shape index (κ2) is 8.79. The van der Waals surface area contributed by atoms with Gasteiger partial charge in [0.1, 0.15) is 0 Å². The molecule has 0 saturated heterocycles. The third kappa shape index (κ3) is 4.79. The fourth-order valence-corrected chi connectivity index (χ4v) is 1.68. The molecule has 0 amide bonds. The Hall–Kier alpha value is -0.240. The van der Waals surface area contributed by atoms with Crippen LogP contribution >= 0.6 is 0 Å². The summed E-state index contributed by atoms with van der Waals surface area (Å²) in [4.78, 5) is 1.56. The Morgan fingerprint density at radius 2 is 1.17 bits per heavy atom. The number of β-amino-alcohol motifs (C(OH)–C–C–N with tert-alkyl or cyclic N) is 2. The Kier molecular flexibility index (Phi) is 8.67. The highest BCUT2D eigenvalue weighted by atomic mass is 16.3. The lowest BCUT2D eigenvalue weighted by Crippen LogP contribution is -2.60. The Balaban J connectivity index is 4.91. The van der Waals surface area contributed by atoms with E-state index in [2.05, 4.69) is 0 Å². The van der Waals surface area contributed by atoms with Crippen molar-refractivity contribution >= 4 is 0 Å². The van der Waals surface area contributed by atoms with Crippen molar-refractivity contribution in [2.45, 2.75) is 44.4 Å². The van der Waals surface area contributed by atoms with Gasteiger partial charge in [-0.3, -0.25) is 4.90 Å². The van der Waals surface area contributed by atoms with Crippen LogP contribution < -0.4 is 0 Å². The van der Waals surface area contributed by atoms with Gasteiger partial charge in [-0.25, -0.2) is 0 Å². The van der Waals surface area contributed by atoms with Crippen molar-refractivity contribution in [1.82, 2.24) is 4.90 Å². The van der Waals surface area contributed by atoms with Gasteiger partial charge in [0, 0.05) is 13.1 Å². The molecule has 110 valence electrons. The minimum Gasteiger partial charge on any atom is -0.394 e. The van der Waals surface area contributed by atoms with E-state index in [0.717, 1.165) is 0 Å². The summed E-state index contributed by atoms with van der Waals surface area (Å²) in [5.74, 6) is 0. The first kappa shape index (κ1) is 17.8. The second-order valence-corrected chi connectivity index (χ2v) is 4.73. The van der Waals surface area contributed by atoms with Crippen LogP contribution in [0.25, 0.3) is 0 Å². The zero-order valence-corrected chi connectivity index (χ0v) is 11.3. The molecule has 6 heteroatoms. The molecule has 0 heterocycles. The van der Waals surface area contributed by atoms with Gasteiger partial charge >= 0.3 is 0 Å². The zero-order chi connectivity index (χ0) is 14.2. The molecule has 0 aromatic carbocycles. The first-order valence-electron chi connectivity index (χ1n) is 6.43. The van der Waals surface area contributed by atoms with Gasteiger partial charge in [-0.05, 0) is 12.8 Å². The van der Waals surface area contributed by atoms with Crippen molar-refractivity contribution in [1.29, 1.82) is 0 Å². The summed E-state index contributed by atoms with van der Waals surface area (Å²) < 4.78 is 0. The molecule has 6 nitrogen and oxygen atoms in total. The van der Waals surface area contributed by atoms with Crippen molar-refractivity contribution in [3.63, 3.8) is 0 Å². The fourth-order valence-electron chi connectivity index (χ4n) is 1.68. The van der Waals surface area contributed by atoms with E-state index in [4.69, 9.17) is 0 Å². The van der Waals surface area contributed by atoms with E-state index in [0.29, 0.717) is 12.8 Å². The minimum absolute atomic E-state index is 0.190. The molecule has 0 spiro atoms. The van der Waals surface area contributed by atoms with Crippen LogP contribution in [0.3, 0.4) is 0 Å². The van der Waals surface area contributed by atoms with E-state index < -0.39 is 37.6 Å². The molecule has 0 aromatic rings. The van der Waals surface area contributed by atoms with Crippen LogP contribution in [0, 0.1) is 0 Å². The van der Waals surface area contributed by atoms with Gasteiger partial charge in [0.15, 0.2) is 0 Å². The van der Waals surface area contributed by atoms with Gasteiger partial charge in [0.25, 0.3) is 0 Å². The maximum Gasteiger partial charge on any atom is 0.0908 e. The average molecular weight is 265 g/mol. The van der Waals surface area contributed by atoms with Crippen LogP contribution in [-0.4, -0.2) is 81.1 Å². The number of aliphatic hydroxyl groups is 5. The van der Waals surface area contributed by atoms with Crippen LogP contribution in [0.15, 0.2) is 0 Å². The molecule has 2 unspecified atom stereocenters. The quantitative estimate of drug-likeness (QED) is 0.331. The van der Waals surface area contributed by atoms with Crippen LogP contribution in [0.4, 0.5) is 0 Å². The summed E-state index contributed by atoms with van der Waals surface area (Å²) >= 11 is 0. The molecular formula is C12H27NO5. The molecule has 0 radical (unpaired) electrons. The van der Waals surface area contributed by atoms with Gasteiger partial charge in [-0.15, -0.1) is 0 Å². The van der Waals surface area contributed by atoms with Crippen LogP contribution in [0.2, 0.25) is 0 Å². The zero-order valence-electron chi connectivity index (χ0n) is 11.3. The van der Waals surface area contributed by atoms with Crippen LogP contribution in [0.5, 0.6) is 0 Å². The smallest absolute Gasteiger partial charge is 0.0908 e. The molecule has 0 saturated carbocycles. The standard InChI is InChI=1S/C12H27NO5/c1-3-10(17)5-13(6-11(18)4-2)12(7-14,8-15)9-16/h10-11,14-18H,3-9H2,1-2H3. The number of rotatable bonds is 10. The Labute approximate surface area is 108 Å². The molecule has 18 heavy (non-hydrogen) atoms. The topological polar surface area (TPSA) is 104 Å². The van der Waals surface area contributed by atoms with E-state index in [9.17, 15) is 25.5 Å². The Morgan fingerprint density at radius 1 is 0.833 bits per heavy atom. The van der Waals surface area contributed by atoms with Gasteiger partial charge in [0.05, 0.1) is 37.6 Å². The van der Waals surface area contributed by atoms with Crippen molar-refractivity contribution in [3.05, 3.63) is 0 Å². The summed E-state index contributed by atoms with van der Waals surface area (Å²) in [6.07, 6.45) is -0.204. The Bertz CT molecular complexity index is 190. The molecule has 2 atom stereocenters. The predicted octanol–water partition coefficient (Wildman–Crippen LogP) is -1.45. The highest BCUT2D eigenvalue weighted by molar-refractivity contribution is 4.91. The molecule has 0 fully saturated rings. The predicted molar refractivity (Wildman–Crippen MR) is 68.2 cm³/mol. The van der Waals surface area contributed by atoms with Gasteiger partial charge in [-0.2, -0.15) is 0 Å². The summed E-state index contributed by atoms with van der Waals surface area (Å²) in [6, 6.07) is 0. The molecule has 0 aromatic heterocycles. The second-order valence-electron chi connectivity index (χ2n) is 4.73. The lowest BCUT2D eigenvalue weighted by atomic mass is 9.98.